The van der Waals surface area contributed by atoms with E-state index in [1.165, 1.54) is 49.8 Å². The fraction of sp³-hybridized carbons (Fsp3) is 0.667. The smallest absolute Gasteiger partial charge is 0.00684 e. The number of hydrogen-bond acceptors (Lipinski definition) is 1. The predicted molar refractivity (Wildman–Crippen MR) is 83.6 cm³/mol. The first-order valence-electron chi connectivity index (χ1n) is 8.02. The molecule has 0 saturated heterocycles. The summed E-state index contributed by atoms with van der Waals surface area (Å²) in [5.74, 6) is 0. The van der Waals surface area contributed by atoms with E-state index in [-0.39, 0.29) is 0 Å². The molecule has 1 aliphatic rings. The molecule has 1 aromatic rings. The van der Waals surface area contributed by atoms with Crippen molar-refractivity contribution in [1.29, 1.82) is 0 Å². The van der Waals surface area contributed by atoms with E-state index in [1.54, 1.807) is 0 Å². The van der Waals surface area contributed by atoms with Gasteiger partial charge in [0, 0.05) is 12.6 Å². The van der Waals surface area contributed by atoms with E-state index in [0.717, 1.165) is 12.5 Å². The van der Waals surface area contributed by atoms with Crippen LogP contribution in [0, 0.1) is 5.41 Å². The topological polar surface area (TPSA) is 12.0 Å². The van der Waals surface area contributed by atoms with Gasteiger partial charge in [-0.25, -0.2) is 0 Å². The molecule has 1 nitrogen and oxygen atoms in total. The zero-order valence-electron chi connectivity index (χ0n) is 12.8. The second kappa shape index (κ2) is 6.56. The van der Waals surface area contributed by atoms with E-state index < -0.39 is 0 Å². The van der Waals surface area contributed by atoms with Crippen LogP contribution in [0.3, 0.4) is 0 Å². The second-order valence-electron chi connectivity index (χ2n) is 6.21. The maximum Gasteiger partial charge on any atom is 0.00684 e. The fourth-order valence-electron chi connectivity index (χ4n) is 2.79. The summed E-state index contributed by atoms with van der Waals surface area (Å²) in [6, 6.07) is 10.1. The van der Waals surface area contributed by atoms with Crippen LogP contribution in [0.2, 0.25) is 0 Å². The molecule has 0 amide bonds. The van der Waals surface area contributed by atoms with E-state index in [2.05, 4.69) is 50.4 Å². The molecule has 1 aliphatic carbocycles. The summed E-state index contributed by atoms with van der Waals surface area (Å²) in [4.78, 5) is 0. The summed E-state index contributed by atoms with van der Waals surface area (Å²) in [6.07, 6.45) is 7.64. The van der Waals surface area contributed by atoms with Gasteiger partial charge in [-0.1, -0.05) is 45.0 Å². The number of benzene rings is 1. The molecule has 0 aliphatic heterocycles. The van der Waals surface area contributed by atoms with Crippen molar-refractivity contribution in [3.63, 3.8) is 0 Å². The SMILES string of the molecule is CCc1ccc(CC(CC)(CC)CNC2CC2)cc1. The molecule has 0 spiro atoms. The van der Waals surface area contributed by atoms with E-state index in [1.807, 2.05) is 0 Å². The van der Waals surface area contributed by atoms with Crippen LogP contribution in [0.15, 0.2) is 24.3 Å². The molecule has 19 heavy (non-hydrogen) atoms. The van der Waals surface area contributed by atoms with Gasteiger partial charge in [0.2, 0.25) is 0 Å². The van der Waals surface area contributed by atoms with Crippen molar-refractivity contribution >= 4 is 0 Å². The van der Waals surface area contributed by atoms with E-state index in [0.29, 0.717) is 5.41 Å². The molecule has 1 saturated carbocycles. The second-order valence-corrected chi connectivity index (χ2v) is 6.21. The minimum absolute atomic E-state index is 0.441. The number of rotatable bonds is 8. The van der Waals surface area contributed by atoms with Crippen LogP contribution >= 0.6 is 0 Å². The van der Waals surface area contributed by atoms with Gasteiger partial charge in [-0.3, -0.25) is 0 Å². The van der Waals surface area contributed by atoms with Crippen molar-refractivity contribution < 1.29 is 0 Å². The van der Waals surface area contributed by atoms with Crippen LogP contribution < -0.4 is 5.32 Å². The number of hydrogen-bond donors (Lipinski definition) is 1. The first kappa shape index (κ1) is 14.6. The number of aryl methyl sites for hydroxylation is 1. The standard InChI is InChI=1S/C18H29N/c1-4-15-7-9-16(10-8-15)13-18(5-2,6-3)14-19-17-11-12-17/h7-10,17,19H,4-6,11-14H2,1-3H3. The molecule has 1 heteroatoms. The van der Waals surface area contributed by atoms with Gasteiger partial charge in [-0.05, 0) is 55.1 Å². The Hall–Kier alpha value is -0.820. The highest BCUT2D eigenvalue weighted by Crippen LogP contribution is 2.32. The van der Waals surface area contributed by atoms with E-state index in [4.69, 9.17) is 0 Å². The van der Waals surface area contributed by atoms with Crippen molar-refractivity contribution in [3.05, 3.63) is 35.4 Å². The fourth-order valence-corrected chi connectivity index (χ4v) is 2.79. The lowest BCUT2D eigenvalue weighted by molar-refractivity contribution is 0.245. The van der Waals surface area contributed by atoms with Gasteiger partial charge < -0.3 is 5.32 Å². The Morgan fingerprint density at radius 3 is 2.05 bits per heavy atom. The van der Waals surface area contributed by atoms with Gasteiger partial charge in [0.15, 0.2) is 0 Å². The van der Waals surface area contributed by atoms with Crippen molar-refractivity contribution in [2.24, 2.45) is 5.41 Å². The Kier molecular flexibility index (Phi) is 5.04. The van der Waals surface area contributed by atoms with Gasteiger partial charge in [0.05, 0.1) is 0 Å². The highest BCUT2D eigenvalue weighted by molar-refractivity contribution is 5.23. The molecule has 0 aromatic heterocycles. The van der Waals surface area contributed by atoms with Gasteiger partial charge in [-0.2, -0.15) is 0 Å². The average Bonchev–Trinajstić information content (AvgIpc) is 3.28. The summed E-state index contributed by atoms with van der Waals surface area (Å²) in [7, 11) is 0. The van der Waals surface area contributed by atoms with Gasteiger partial charge in [0.25, 0.3) is 0 Å². The van der Waals surface area contributed by atoms with E-state index in [9.17, 15) is 0 Å². The third-order valence-corrected chi connectivity index (χ3v) is 4.85. The molecule has 1 aromatic carbocycles. The van der Waals surface area contributed by atoms with E-state index >= 15 is 0 Å². The predicted octanol–water partition coefficient (Wildman–Crippen LogP) is 4.35. The van der Waals surface area contributed by atoms with Gasteiger partial charge >= 0.3 is 0 Å². The number of nitrogens with one attached hydrogen (secondary N) is 1. The van der Waals surface area contributed by atoms with Gasteiger partial charge in [0.1, 0.15) is 0 Å². The van der Waals surface area contributed by atoms with Crippen molar-refractivity contribution in [1.82, 2.24) is 5.32 Å². The minimum atomic E-state index is 0.441. The van der Waals surface area contributed by atoms with Crippen LogP contribution in [-0.4, -0.2) is 12.6 Å². The first-order valence-corrected chi connectivity index (χ1v) is 8.02. The summed E-state index contributed by atoms with van der Waals surface area (Å²) < 4.78 is 0. The molecule has 1 fully saturated rings. The van der Waals surface area contributed by atoms with Crippen LogP contribution in [0.1, 0.15) is 57.6 Å². The first-order chi connectivity index (χ1) is 9.21. The quantitative estimate of drug-likeness (QED) is 0.732. The maximum atomic E-state index is 3.74. The Bertz CT molecular complexity index is 371. The minimum Gasteiger partial charge on any atom is -0.313 e. The monoisotopic (exact) mass is 259 g/mol. The third kappa shape index (κ3) is 4.07. The molecular formula is C18H29N. The zero-order valence-corrected chi connectivity index (χ0v) is 12.8. The zero-order chi connectivity index (χ0) is 13.7. The molecule has 2 rings (SSSR count). The van der Waals surface area contributed by atoms with Crippen molar-refractivity contribution in [3.8, 4) is 0 Å². The van der Waals surface area contributed by atoms with Gasteiger partial charge in [-0.15, -0.1) is 0 Å². The summed E-state index contributed by atoms with van der Waals surface area (Å²) in [5, 5.41) is 3.74. The largest absolute Gasteiger partial charge is 0.313 e. The molecule has 0 radical (unpaired) electrons. The summed E-state index contributed by atoms with van der Waals surface area (Å²) in [6.45, 7) is 8.09. The molecule has 0 bridgehead atoms. The maximum absolute atomic E-state index is 3.74. The molecule has 1 N–H and O–H groups in total. The van der Waals surface area contributed by atoms with Crippen LogP contribution in [0.4, 0.5) is 0 Å². The third-order valence-electron chi connectivity index (χ3n) is 4.85. The lowest BCUT2D eigenvalue weighted by Crippen LogP contribution is -2.36. The molecule has 0 heterocycles. The highest BCUT2D eigenvalue weighted by atomic mass is 15.0. The highest BCUT2D eigenvalue weighted by Gasteiger charge is 2.29. The molecular weight excluding hydrogens is 230 g/mol. The Morgan fingerprint density at radius 1 is 1.00 bits per heavy atom. The van der Waals surface area contributed by atoms with Crippen LogP contribution in [0.25, 0.3) is 0 Å². The normalized spacial score (nSPS) is 15.7. The summed E-state index contributed by atoms with van der Waals surface area (Å²) >= 11 is 0. The average molecular weight is 259 g/mol. The van der Waals surface area contributed by atoms with Crippen molar-refractivity contribution in [2.45, 2.75) is 65.3 Å². The molecule has 0 atom stereocenters. The Morgan fingerprint density at radius 2 is 1.58 bits per heavy atom. The lowest BCUT2D eigenvalue weighted by Gasteiger charge is -2.32. The molecule has 106 valence electrons. The van der Waals surface area contributed by atoms with Crippen LogP contribution in [-0.2, 0) is 12.8 Å². The Labute approximate surface area is 118 Å². The molecule has 0 unspecified atom stereocenters. The van der Waals surface area contributed by atoms with Crippen LogP contribution in [0.5, 0.6) is 0 Å². The Balaban J connectivity index is 2.00. The lowest BCUT2D eigenvalue weighted by atomic mass is 9.76. The van der Waals surface area contributed by atoms with Crippen molar-refractivity contribution in [2.75, 3.05) is 6.54 Å². The summed E-state index contributed by atoms with van der Waals surface area (Å²) in [5.41, 5.74) is 3.38.